The number of aromatic nitrogens is 2. The van der Waals surface area contributed by atoms with Crippen LogP contribution in [0.15, 0.2) is 48.9 Å². The van der Waals surface area contributed by atoms with E-state index in [1.54, 1.807) is 42.0 Å². The maximum atomic E-state index is 14.6. The van der Waals surface area contributed by atoms with Crippen molar-refractivity contribution in [2.45, 2.75) is 80.0 Å². The number of amides is 1. The van der Waals surface area contributed by atoms with Gasteiger partial charge in [-0.1, -0.05) is 11.6 Å². The number of thiol groups is 1. The number of hydrogen-bond donors (Lipinski definition) is 1. The summed E-state index contributed by atoms with van der Waals surface area (Å²) in [5.41, 5.74) is -1.74. The number of alkyl halides is 3. The number of halogens is 5. The van der Waals surface area contributed by atoms with Crippen molar-refractivity contribution in [3.8, 4) is 0 Å². The topological polar surface area (TPSA) is 67.7 Å². The van der Waals surface area contributed by atoms with Crippen molar-refractivity contribution >= 4 is 68.0 Å². The average molecular weight is 717 g/mol. The first-order chi connectivity index (χ1) is 21.5. The second kappa shape index (κ2) is 12.0. The third kappa shape index (κ3) is 6.37. The van der Waals surface area contributed by atoms with E-state index in [9.17, 15) is 27.2 Å². The number of ether oxygens (including phenoxy) is 1. The molecule has 248 valence electrons. The lowest BCUT2D eigenvalue weighted by Crippen LogP contribution is -2.59. The van der Waals surface area contributed by atoms with Gasteiger partial charge in [-0.15, -0.1) is 22.7 Å². The summed E-state index contributed by atoms with van der Waals surface area (Å²) < 4.78 is 65.8. The van der Waals surface area contributed by atoms with Crippen molar-refractivity contribution in [2.24, 2.45) is 0 Å². The normalized spacial score (nSPS) is 23.1. The van der Waals surface area contributed by atoms with Gasteiger partial charge in [-0.25, -0.2) is 14.0 Å². The monoisotopic (exact) mass is 716 g/mol. The van der Waals surface area contributed by atoms with Crippen LogP contribution in [-0.4, -0.2) is 57.1 Å². The van der Waals surface area contributed by atoms with Crippen LogP contribution in [0, 0.1) is 5.82 Å². The molecule has 0 aliphatic carbocycles. The first-order valence-corrected chi connectivity index (χ1v) is 18.3. The van der Waals surface area contributed by atoms with Gasteiger partial charge in [0, 0.05) is 55.7 Å². The Morgan fingerprint density at radius 2 is 1.74 bits per heavy atom. The van der Waals surface area contributed by atoms with Gasteiger partial charge in [-0.05, 0) is 64.6 Å². The van der Waals surface area contributed by atoms with E-state index in [0.717, 1.165) is 16.3 Å². The van der Waals surface area contributed by atoms with Gasteiger partial charge in [0.2, 0.25) is 0 Å². The molecule has 2 aliphatic heterocycles. The van der Waals surface area contributed by atoms with Crippen molar-refractivity contribution in [2.75, 3.05) is 23.7 Å². The van der Waals surface area contributed by atoms with Gasteiger partial charge >= 0.3 is 18.0 Å². The third-order valence-corrected chi connectivity index (χ3v) is 13.6. The summed E-state index contributed by atoms with van der Waals surface area (Å²) in [7, 11) is -1.44. The van der Waals surface area contributed by atoms with Crippen molar-refractivity contribution in [1.82, 2.24) is 14.5 Å². The Morgan fingerprint density at radius 1 is 1.04 bits per heavy atom. The minimum Gasteiger partial charge on any atom is -0.444 e. The lowest BCUT2D eigenvalue weighted by molar-refractivity contribution is -0.137. The van der Waals surface area contributed by atoms with Crippen LogP contribution in [0.2, 0.25) is 5.02 Å². The largest absolute Gasteiger partial charge is 0.444 e. The summed E-state index contributed by atoms with van der Waals surface area (Å²) in [4.78, 5) is 35.9. The number of carbonyl (C=O) groups is 1. The first kappa shape index (κ1) is 33.1. The highest BCUT2D eigenvalue weighted by Gasteiger charge is 2.39. The van der Waals surface area contributed by atoms with E-state index < -0.39 is 45.8 Å². The molecule has 0 radical (unpaired) electrons. The molecule has 1 fully saturated rings. The fourth-order valence-electron chi connectivity index (χ4n) is 6.30. The number of hydrogen-bond acceptors (Lipinski definition) is 7. The summed E-state index contributed by atoms with van der Waals surface area (Å²) in [5, 5.41) is 3.82. The maximum absolute atomic E-state index is 14.6. The predicted octanol–water partition coefficient (Wildman–Crippen LogP) is 8.38. The van der Waals surface area contributed by atoms with Gasteiger partial charge in [-0.3, -0.25) is 9.47 Å². The van der Waals surface area contributed by atoms with Crippen LogP contribution in [0.25, 0.3) is 10.9 Å². The molecule has 15 heteroatoms. The molecular weight excluding hydrogens is 684 g/mol. The summed E-state index contributed by atoms with van der Waals surface area (Å²) in [5.74, 6) is -0.189. The van der Waals surface area contributed by atoms with E-state index in [2.05, 4.69) is 4.98 Å². The van der Waals surface area contributed by atoms with E-state index in [0.29, 0.717) is 26.1 Å². The average Bonchev–Trinajstić information content (AvgIpc) is 3.52. The molecule has 5 heterocycles. The highest BCUT2D eigenvalue weighted by Crippen LogP contribution is 2.56. The van der Waals surface area contributed by atoms with Crippen molar-refractivity contribution in [3.05, 3.63) is 66.8 Å². The van der Waals surface area contributed by atoms with Crippen molar-refractivity contribution < 1.29 is 27.1 Å². The third-order valence-electron chi connectivity index (χ3n) is 8.09. The Labute approximate surface area is 279 Å². The quantitative estimate of drug-likeness (QED) is 0.171. The standard InChI is InChI=1S/C31H33ClF4N4O3S3/c1-16-10-38(11-17(2)40(16)29(42)43-30(3,4)5)27-22-6-19(31(34,35)36)7-24-26(22)39(28(41)37-27)12-18(23-9-21(33)14-44-23)15-46(24)25-8-20(32)13-45-25/h6-9,13-14,16-18,46H,10-12,15H2,1-5H3/t16-,17+,18-/m0/s1. The van der Waals surface area contributed by atoms with Crippen LogP contribution in [0.1, 0.15) is 51.0 Å². The molecule has 1 amide bonds. The maximum Gasteiger partial charge on any atom is 0.416 e. The number of benzene rings is 1. The van der Waals surface area contributed by atoms with E-state index >= 15 is 0 Å². The molecule has 0 N–H and O–H groups in total. The molecule has 7 nitrogen and oxygen atoms in total. The lowest BCUT2D eigenvalue weighted by atomic mass is 10.1. The van der Waals surface area contributed by atoms with Crippen LogP contribution in [0.5, 0.6) is 0 Å². The summed E-state index contributed by atoms with van der Waals surface area (Å²) in [6.07, 6.45) is -5.15. The Kier molecular flexibility index (Phi) is 8.65. The van der Waals surface area contributed by atoms with Crippen LogP contribution in [-0.2, 0) is 17.5 Å². The smallest absolute Gasteiger partial charge is 0.416 e. The molecule has 0 saturated carbocycles. The summed E-state index contributed by atoms with van der Waals surface area (Å²) in [6, 6.07) is 4.66. The van der Waals surface area contributed by atoms with Gasteiger partial charge in [0.1, 0.15) is 17.2 Å². The SMILES string of the molecule is C[C@@H]1CN(c2nc(=O)n3c4c(cc(C(F)(F)F)cc24)[SH](c2cc(Cl)cs2)C[C@@H](c2cc(F)cs2)C3)C[C@H](C)N1C(=O)OC(C)(C)C. The van der Waals surface area contributed by atoms with E-state index in [-0.39, 0.29) is 48.8 Å². The molecule has 6 rings (SSSR count). The van der Waals surface area contributed by atoms with Crippen LogP contribution < -0.4 is 10.6 Å². The summed E-state index contributed by atoms with van der Waals surface area (Å²) >= 11 is 8.91. The zero-order valence-corrected chi connectivity index (χ0v) is 29.0. The highest BCUT2D eigenvalue weighted by atomic mass is 35.5. The number of rotatable bonds is 3. The molecule has 4 atom stereocenters. The van der Waals surface area contributed by atoms with Gasteiger partial charge in [0.25, 0.3) is 0 Å². The number of carbonyl (C=O) groups excluding carboxylic acids is 1. The van der Waals surface area contributed by atoms with Gasteiger partial charge in [0.05, 0.1) is 28.2 Å². The van der Waals surface area contributed by atoms with Crippen LogP contribution in [0.3, 0.4) is 0 Å². The van der Waals surface area contributed by atoms with Gasteiger partial charge in [0.15, 0.2) is 0 Å². The zero-order chi connectivity index (χ0) is 33.3. The molecule has 0 spiro atoms. The second-order valence-corrected chi connectivity index (χ2v) is 17.6. The lowest BCUT2D eigenvalue weighted by Gasteiger charge is -2.45. The Hall–Kier alpha value is -2.81. The molecule has 0 bridgehead atoms. The number of anilines is 1. The van der Waals surface area contributed by atoms with Crippen LogP contribution in [0.4, 0.5) is 28.2 Å². The molecule has 1 aromatic carbocycles. The fraction of sp³-hybridized carbons (Fsp3) is 0.452. The first-order valence-electron chi connectivity index (χ1n) is 14.7. The highest BCUT2D eigenvalue weighted by molar-refractivity contribution is 8.18. The Morgan fingerprint density at radius 3 is 2.30 bits per heavy atom. The second-order valence-electron chi connectivity index (χ2n) is 12.8. The van der Waals surface area contributed by atoms with E-state index in [1.165, 1.54) is 38.7 Å². The van der Waals surface area contributed by atoms with Gasteiger partial charge in [-0.2, -0.15) is 29.1 Å². The van der Waals surface area contributed by atoms with Crippen LogP contribution >= 0.6 is 45.2 Å². The molecule has 1 saturated heterocycles. The molecule has 3 aromatic heterocycles. The molecule has 46 heavy (non-hydrogen) atoms. The zero-order valence-electron chi connectivity index (χ0n) is 25.7. The van der Waals surface area contributed by atoms with E-state index in [1.807, 2.05) is 13.8 Å². The number of thiophene rings is 2. The van der Waals surface area contributed by atoms with Crippen molar-refractivity contribution in [1.29, 1.82) is 0 Å². The summed E-state index contributed by atoms with van der Waals surface area (Å²) in [6.45, 7) is 9.61. The Balaban J connectivity index is 1.54. The van der Waals surface area contributed by atoms with Gasteiger partial charge < -0.3 is 9.64 Å². The predicted molar refractivity (Wildman–Crippen MR) is 177 cm³/mol. The van der Waals surface area contributed by atoms with E-state index in [4.69, 9.17) is 16.3 Å². The van der Waals surface area contributed by atoms with Crippen molar-refractivity contribution in [3.63, 3.8) is 0 Å². The Bertz CT molecular complexity index is 1860. The minimum absolute atomic E-state index is 0.137. The molecular formula is C31H33ClF4N4O3S3. The minimum atomic E-state index is -4.67. The molecule has 2 aliphatic rings. The fourth-order valence-corrected chi connectivity index (χ4v) is 11.8. The molecule has 1 unspecified atom stereocenters. The number of piperazine rings is 1. The number of nitrogens with zero attached hydrogens (tertiary/aromatic N) is 4. The molecule has 4 aromatic rings.